The molecule has 0 amide bonds. The molecule has 0 aliphatic heterocycles. The van der Waals surface area contributed by atoms with Crippen LogP contribution in [0, 0.1) is 0 Å². The minimum atomic E-state index is -0.142. The molecule has 2 nitrogen and oxygen atoms in total. The highest BCUT2D eigenvalue weighted by molar-refractivity contribution is 6.18. The lowest BCUT2D eigenvalue weighted by Gasteiger charge is -2.30. The lowest BCUT2D eigenvalue weighted by Crippen LogP contribution is -2.16. The number of para-hydroxylation sites is 2. The van der Waals surface area contributed by atoms with Crippen molar-refractivity contribution in [2.24, 2.45) is 0 Å². The third-order valence-electron chi connectivity index (χ3n) is 12.9. The quantitative estimate of drug-likeness (QED) is 0.163. The van der Waals surface area contributed by atoms with Crippen molar-refractivity contribution in [2.75, 3.05) is 4.90 Å². The summed E-state index contributed by atoms with van der Waals surface area (Å²) < 4.78 is 6.96. The number of fused-ring (bicyclic) bond motifs is 11. The molecule has 59 heavy (non-hydrogen) atoms. The Hall–Kier alpha value is -7.42. The Morgan fingerprint density at radius 3 is 1.81 bits per heavy atom. The van der Waals surface area contributed by atoms with E-state index in [0.29, 0.717) is 0 Å². The van der Waals surface area contributed by atoms with E-state index in [1.54, 1.807) is 0 Å². The lowest BCUT2D eigenvalue weighted by molar-refractivity contribution is 0.660. The third-order valence-corrected chi connectivity index (χ3v) is 12.9. The van der Waals surface area contributed by atoms with Gasteiger partial charge in [0.05, 0.1) is 11.4 Å². The Bertz CT molecular complexity index is 3480. The van der Waals surface area contributed by atoms with Gasteiger partial charge < -0.3 is 9.32 Å². The van der Waals surface area contributed by atoms with Gasteiger partial charge in [0.1, 0.15) is 11.2 Å². The maximum atomic E-state index is 6.96. The van der Waals surface area contributed by atoms with E-state index in [-0.39, 0.29) is 5.41 Å². The molecule has 0 saturated carbocycles. The summed E-state index contributed by atoms with van der Waals surface area (Å²) in [6.07, 6.45) is 0. The smallest absolute Gasteiger partial charge is 0.143 e. The molecule has 0 fully saturated rings. The zero-order chi connectivity index (χ0) is 39.2. The van der Waals surface area contributed by atoms with Crippen LogP contribution in [0.4, 0.5) is 17.1 Å². The maximum Gasteiger partial charge on any atom is 0.143 e. The number of anilines is 3. The van der Waals surface area contributed by atoms with Crippen LogP contribution in [0.3, 0.4) is 0 Å². The molecule has 0 unspecified atom stereocenters. The molecule has 0 bridgehead atoms. The first-order valence-electron chi connectivity index (χ1n) is 20.5. The van der Waals surface area contributed by atoms with Crippen molar-refractivity contribution in [3.63, 3.8) is 0 Å². The molecule has 0 atom stereocenters. The second-order valence-electron chi connectivity index (χ2n) is 16.4. The molecule has 1 aliphatic carbocycles. The number of rotatable bonds is 5. The van der Waals surface area contributed by atoms with Gasteiger partial charge in [0.25, 0.3) is 0 Å². The average Bonchev–Trinajstić information content (AvgIpc) is 3.79. The van der Waals surface area contributed by atoms with E-state index in [0.717, 1.165) is 55.5 Å². The minimum Gasteiger partial charge on any atom is -0.455 e. The van der Waals surface area contributed by atoms with E-state index < -0.39 is 0 Å². The summed E-state index contributed by atoms with van der Waals surface area (Å²) in [5.41, 5.74) is 14.9. The van der Waals surface area contributed by atoms with Crippen LogP contribution in [-0.2, 0) is 5.41 Å². The Balaban J connectivity index is 1.10. The summed E-state index contributed by atoms with van der Waals surface area (Å²) in [4.78, 5) is 2.48. The van der Waals surface area contributed by atoms with Crippen molar-refractivity contribution in [1.29, 1.82) is 0 Å². The second kappa shape index (κ2) is 12.8. The first kappa shape index (κ1) is 33.7. The van der Waals surface area contributed by atoms with Gasteiger partial charge in [-0.3, -0.25) is 0 Å². The van der Waals surface area contributed by atoms with E-state index in [2.05, 4.69) is 219 Å². The van der Waals surface area contributed by atoms with Gasteiger partial charge in [-0.25, -0.2) is 0 Å². The first-order valence-corrected chi connectivity index (χ1v) is 20.5. The fourth-order valence-corrected chi connectivity index (χ4v) is 10.0. The molecule has 278 valence electrons. The maximum absolute atomic E-state index is 6.96. The molecule has 1 heterocycles. The number of furan rings is 1. The van der Waals surface area contributed by atoms with Crippen LogP contribution in [0.2, 0.25) is 0 Å². The molecular weight excluding hydrogens is 715 g/mol. The fourth-order valence-electron chi connectivity index (χ4n) is 10.0. The predicted octanol–water partition coefficient (Wildman–Crippen LogP) is 16.2. The lowest BCUT2D eigenvalue weighted by atomic mass is 9.82. The molecule has 0 N–H and O–H groups in total. The number of benzene rings is 10. The Labute approximate surface area is 343 Å². The molecule has 0 saturated heterocycles. The molecule has 1 aromatic heterocycles. The van der Waals surface area contributed by atoms with Crippen molar-refractivity contribution < 1.29 is 4.42 Å². The predicted molar refractivity (Wildman–Crippen MR) is 249 cm³/mol. The zero-order valence-corrected chi connectivity index (χ0v) is 32.9. The van der Waals surface area contributed by atoms with Crippen LogP contribution in [-0.4, -0.2) is 0 Å². The fraction of sp³-hybridized carbons (Fsp3) is 0.0526. The largest absolute Gasteiger partial charge is 0.455 e. The van der Waals surface area contributed by atoms with Crippen molar-refractivity contribution >= 4 is 71.3 Å². The standard InChI is InChI=1S/C57H39NO/c1-57(2)50-25-11-9-22-48(50)54-51(57)26-14-28-53(54)58(39-32-29-37(30-33-39)49-35-38-16-4-5-17-40(38)42-19-7-8-20-43(42)49)52-27-12-10-21-44(52)45-23-13-24-46-47-34-31-36-15-3-6-18-41(36)55(47)59-56(45)46/h3-35H,1-2H3. The van der Waals surface area contributed by atoms with E-state index >= 15 is 0 Å². The number of nitrogens with zero attached hydrogens (tertiary/aromatic N) is 1. The highest BCUT2D eigenvalue weighted by Crippen LogP contribution is 2.55. The molecular formula is C57H39NO. The summed E-state index contributed by atoms with van der Waals surface area (Å²) >= 11 is 0. The Kier molecular flexibility index (Phi) is 7.31. The van der Waals surface area contributed by atoms with Gasteiger partial charge in [-0.1, -0.05) is 178 Å². The van der Waals surface area contributed by atoms with Crippen LogP contribution in [0.15, 0.2) is 205 Å². The van der Waals surface area contributed by atoms with Crippen LogP contribution in [0.5, 0.6) is 0 Å². The number of hydrogen-bond donors (Lipinski definition) is 0. The van der Waals surface area contributed by atoms with Gasteiger partial charge >= 0.3 is 0 Å². The summed E-state index contributed by atoms with van der Waals surface area (Å²) in [7, 11) is 0. The first-order chi connectivity index (χ1) is 29.0. The third kappa shape index (κ3) is 5.00. The highest BCUT2D eigenvalue weighted by atomic mass is 16.3. The van der Waals surface area contributed by atoms with Gasteiger partial charge in [-0.15, -0.1) is 0 Å². The molecule has 1 aliphatic rings. The van der Waals surface area contributed by atoms with Gasteiger partial charge in [0, 0.05) is 44.0 Å². The zero-order valence-electron chi connectivity index (χ0n) is 32.9. The second-order valence-corrected chi connectivity index (χ2v) is 16.4. The van der Waals surface area contributed by atoms with Crippen LogP contribution in [0.25, 0.3) is 87.6 Å². The van der Waals surface area contributed by atoms with Gasteiger partial charge in [-0.05, 0) is 91.1 Å². The Morgan fingerprint density at radius 2 is 0.966 bits per heavy atom. The molecule has 0 spiro atoms. The topological polar surface area (TPSA) is 16.4 Å². The van der Waals surface area contributed by atoms with E-state index in [1.807, 2.05) is 0 Å². The van der Waals surface area contributed by atoms with Crippen LogP contribution >= 0.6 is 0 Å². The normalized spacial score (nSPS) is 13.1. The monoisotopic (exact) mass is 753 g/mol. The average molecular weight is 754 g/mol. The molecule has 12 rings (SSSR count). The van der Waals surface area contributed by atoms with Crippen molar-refractivity contribution in [1.82, 2.24) is 0 Å². The highest BCUT2D eigenvalue weighted by Gasteiger charge is 2.38. The van der Waals surface area contributed by atoms with Crippen molar-refractivity contribution in [3.8, 4) is 33.4 Å². The van der Waals surface area contributed by atoms with E-state index in [9.17, 15) is 0 Å². The summed E-state index contributed by atoms with van der Waals surface area (Å²) in [6.45, 7) is 4.71. The van der Waals surface area contributed by atoms with Crippen molar-refractivity contribution in [2.45, 2.75) is 19.3 Å². The molecule has 11 aromatic rings. The Morgan fingerprint density at radius 1 is 0.373 bits per heavy atom. The van der Waals surface area contributed by atoms with E-state index in [4.69, 9.17) is 4.42 Å². The van der Waals surface area contributed by atoms with Crippen LogP contribution < -0.4 is 4.90 Å². The summed E-state index contributed by atoms with van der Waals surface area (Å²) in [5, 5.41) is 9.60. The van der Waals surface area contributed by atoms with E-state index in [1.165, 1.54) is 60.3 Å². The SMILES string of the molecule is CC1(C)c2ccccc2-c2c(N(c3ccc(-c4cc5ccccc5c5ccccc45)cc3)c3ccccc3-c3cccc4c3oc3c5ccccc5ccc43)cccc21. The van der Waals surface area contributed by atoms with Crippen molar-refractivity contribution in [3.05, 3.63) is 211 Å². The van der Waals surface area contributed by atoms with Gasteiger partial charge in [-0.2, -0.15) is 0 Å². The van der Waals surface area contributed by atoms with Gasteiger partial charge in [0.2, 0.25) is 0 Å². The van der Waals surface area contributed by atoms with Crippen LogP contribution in [0.1, 0.15) is 25.0 Å². The van der Waals surface area contributed by atoms with Gasteiger partial charge in [0.15, 0.2) is 0 Å². The molecule has 0 radical (unpaired) electrons. The number of hydrogen-bond acceptors (Lipinski definition) is 2. The minimum absolute atomic E-state index is 0.142. The molecule has 10 aromatic carbocycles. The summed E-state index contributed by atoms with van der Waals surface area (Å²) in [5.74, 6) is 0. The summed E-state index contributed by atoms with van der Waals surface area (Å²) in [6, 6.07) is 73.1. The molecule has 2 heteroatoms.